The normalized spacial score (nSPS) is 18.4. The van der Waals surface area contributed by atoms with Gasteiger partial charge in [0.25, 0.3) is 0 Å². The van der Waals surface area contributed by atoms with Crippen LogP contribution in [0, 0.1) is 5.82 Å². The highest BCUT2D eigenvalue weighted by atomic mass is 32.2. The molecule has 1 aliphatic heterocycles. The van der Waals surface area contributed by atoms with Crippen molar-refractivity contribution in [1.82, 2.24) is 0 Å². The van der Waals surface area contributed by atoms with Crippen LogP contribution >= 0.6 is 0 Å². The lowest BCUT2D eigenvalue weighted by Crippen LogP contribution is -2.26. The van der Waals surface area contributed by atoms with Gasteiger partial charge in [-0.05, 0) is 31.5 Å². The van der Waals surface area contributed by atoms with E-state index in [9.17, 15) is 12.8 Å². The van der Waals surface area contributed by atoms with Crippen LogP contribution in [-0.4, -0.2) is 27.5 Å². The van der Waals surface area contributed by atoms with E-state index in [1.54, 1.807) is 0 Å². The second-order valence-corrected chi connectivity index (χ2v) is 6.81. The molecule has 2 N–H and O–H groups in total. The minimum Gasteiger partial charge on any atom is -0.464 e. The molecule has 0 saturated carbocycles. The van der Waals surface area contributed by atoms with Crippen molar-refractivity contribution in [3.63, 3.8) is 0 Å². The molecule has 112 valence electrons. The number of nitrogens with two attached hydrogens (primary N) is 1. The standard InChI is InChI=1S/C13H18FNO4S/c1-20(16,17)9-6-11(14)10-8-18-13(4-2-3-5-15)19-12(10)7-9/h6-7,13H,2-5,8,15H2,1H3. The van der Waals surface area contributed by atoms with Crippen molar-refractivity contribution in [1.29, 1.82) is 0 Å². The molecule has 0 fully saturated rings. The topological polar surface area (TPSA) is 78.6 Å². The molecule has 5 nitrogen and oxygen atoms in total. The van der Waals surface area contributed by atoms with Crippen molar-refractivity contribution in [2.45, 2.75) is 37.1 Å². The van der Waals surface area contributed by atoms with Crippen molar-refractivity contribution >= 4 is 9.84 Å². The van der Waals surface area contributed by atoms with E-state index < -0.39 is 21.9 Å². The average Bonchev–Trinajstić information content (AvgIpc) is 2.37. The van der Waals surface area contributed by atoms with Gasteiger partial charge in [0.1, 0.15) is 11.6 Å². The summed E-state index contributed by atoms with van der Waals surface area (Å²) in [5, 5.41) is 0. The fourth-order valence-corrected chi connectivity index (χ4v) is 2.64. The van der Waals surface area contributed by atoms with Gasteiger partial charge in [0, 0.05) is 12.7 Å². The van der Waals surface area contributed by atoms with Gasteiger partial charge in [-0.25, -0.2) is 12.8 Å². The predicted octanol–water partition coefficient (Wildman–Crippen LogP) is 1.59. The molecule has 2 rings (SSSR count). The van der Waals surface area contributed by atoms with Crippen LogP contribution in [0.5, 0.6) is 5.75 Å². The second-order valence-electron chi connectivity index (χ2n) is 4.80. The van der Waals surface area contributed by atoms with E-state index in [0.29, 0.717) is 13.0 Å². The average molecular weight is 303 g/mol. The van der Waals surface area contributed by atoms with Crippen LogP contribution in [-0.2, 0) is 21.2 Å². The number of hydrogen-bond acceptors (Lipinski definition) is 5. The van der Waals surface area contributed by atoms with Crippen molar-refractivity contribution in [2.75, 3.05) is 12.8 Å². The lowest BCUT2D eigenvalue weighted by molar-refractivity contribution is -0.113. The Bertz CT molecular complexity index is 588. The van der Waals surface area contributed by atoms with E-state index in [0.717, 1.165) is 25.2 Å². The molecule has 0 aliphatic carbocycles. The van der Waals surface area contributed by atoms with Crippen LogP contribution in [0.25, 0.3) is 0 Å². The van der Waals surface area contributed by atoms with Crippen LogP contribution in [0.3, 0.4) is 0 Å². The van der Waals surface area contributed by atoms with Gasteiger partial charge < -0.3 is 15.2 Å². The van der Waals surface area contributed by atoms with Crippen LogP contribution in [0.4, 0.5) is 4.39 Å². The molecule has 1 aromatic carbocycles. The van der Waals surface area contributed by atoms with E-state index in [1.807, 2.05) is 0 Å². The summed E-state index contributed by atoms with van der Waals surface area (Å²) in [7, 11) is -3.47. The minimum absolute atomic E-state index is 0.0818. The number of benzene rings is 1. The van der Waals surface area contributed by atoms with E-state index in [-0.39, 0.29) is 22.8 Å². The third kappa shape index (κ3) is 3.47. The van der Waals surface area contributed by atoms with Crippen LogP contribution < -0.4 is 10.5 Å². The van der Waals surface area contributed by atoms with E-state index in [1.165, 1.54) is 6.07 Å². The summed E-state index contributed by atoms with van der Waals surface area (Å²) in [5.41, 5.74) is 5.67. The summed E-state index contributed by atoms with van der Waals surface area (Å²) in [6, 6.07) is 2.35. The quantitative estimate of drug-likeness (QED) is 0.836. The van der Waals surface area contributed by atoms with Crippen LogP contribution in [0.15, 0.2) is 17.0 Å². The van der Waals surface area contributed by atoms with Crippen LogP contribution in [0.1, 0.15) is 24.8 Å². The Kier molecular flexibility index (Phi) is 4.62. The molecular formula is C13H18FNO4S. The first-order valence-electron chi connectivity index (χ1n) is 6.42. The number of rotatable bonds is 5. The maximum absolute atomic E-state index is 13.9. The van der Waals surface area contributed by atoms with Gasteiger partial charge in [-0.2, -0.15) is 0 Å². The fraction of sp³-hybridized carbons (Fsp3) is 0.538. The second kappa shape index (κ2) is 6.07. The number of sulfone groups is 1. The first-order valence-corrected chi connectivity index (χ1v) is 8.32. The Morgan fingerprint density at radius 2 is 2.15 bits per heavy atom. The summed E-state index contributed by atoms with van der Waals surface area (Å²) < 4.78 is 47.8. The Hall–Kier alpha value is -1.18. The highest BCUT2D eigenvalue weighted by Gasteiger charge is 2.25. The number of unbranched alkanes of at least 4 members (excludes halogenated alkanes) is 1. The van der Waals surface area contributed by atoms with Crippen molar-refractivity contribution in [3.8, 4) is 5.75 Å². The molecule has 0 amide bonds. The highest BCUT2D eigenvalue weighted by Crippen LogP contribution is 2.32. The molecule has 1 aromatic rings. The number of ether oxygens (including phenoxy) is 2. The first-order chi connectivity index (χ1) is 9.41. The molecule has 1 aliphatic rings. The molecule has 1 heterocycles. The molecule has 0 spiro atoms. The summed E-state index contributed by atoms with van der Waals surface area (Å²) in [6.07, 6.45) is 2.88. The zero-order valence-electron chi connectivity index (χ0n) is 11.3. The molecule has 0 radical (unpaired) electrons. The molecule has 0 bridgehead atoms. The minimum atomic E-state index is -3.47. The maximum atomic E-state index is 13.9. The van der Waals surface area contributed by atoms with Crippen molar-refractivity contribution < 1.29 is 22.3 Å². The summed E-state index contributed by atoms with van der Waals surface area (Å²) in [5.74, 6) is -0.377. The molecule has 0 saturated heterocycles. The SMILES string of the molecule is CS(=O)(=O)c1cc(F)c2c(c1)OC(CCCCN)OC2. The Morgan fingerprint density at radius 3 is 2.80 bits per heavy atom. The lowest BCUT2D eigenvalue weighted by atomic mass is 10.1. The van der Waals surface area contributed by atoms with Gasteiger partial charge >= 0.3 is 0 Å². The predicted molar refractivity (Wildman–Crippen MR) is 71.6 cm³/mol. The molecule has 0 aromatic heterocycles. The third-order valence-electron chi connectivity index (χ3n) is 3.12. The monoisotopic (exact) mass is 303 g/mol. The molecule has 20 heavy (non-hydrogen) atoms. The van der Waals surface area contributed by atoms with E-state index in [2.05, 4.69) is 0 Å². The smallest absolute Gasteiger partial charge is 0.200 e. The van der Waals surface area contributed by atoms with Crippen LogP contribution in [0.2, 0.25) is 0 Å². The maximum Gasteiger partial charge on any atom is 0.200 e. The lowest BCUT2D eigenvalue weighted by Gasteiger charge is -2.27. The summed E-state index contributed by atoms with van der Waals surface area (Å²) >= 11 is 0. The van der Waals surface area contributed by atoms with E-state index >= 15 is 0 Å². The molecular weight excluding hydrogens is 285 g/mol. The van der Waals surface area contributed by atoms with Crippen molar-refractivity contribution in [2.24, 2.45) is 5.73 Å². The highest BCUT2D eigenvalue weighted by molar-refractivity contribution is 7.90. The molecule has 1 atom stereocenters. The van der Waals surface area contributed by atoms with E-state index in [4.69, 9.17) is 15.2 Å². The van der Waals surface area contributed by atoms with Gasteiger partial charge in [0.05, 0.1) is 17.1 Å². The number of fused-ring (bicyclic) bond motifs is 1. The van der Waals surface area contributed by atoms with Gasteiger partial charge in [0.15, 0.2) is 16.1 Å². The largest absolute Gasteiger partial charge is 0.464 e. The molecule has 1 unspecified atom stereocenters. The Labute approximate surface area is 117 Å². The summed E-state index contributed by atoms with van der Waals surface area (Å²) in [4.78, 5) is -0.0867. The Balaban J connectivity index is 2.20. The molecule has 7 heteroatoms. The Morgan fingerprint density at radius 1 is 1.40 bits per heavy atom. The fourth-order valence-electron chi connectivity index (χ4n) is 2.00. The van der Waals surface area contributed by atoms with Gasteiger partial charge in [0.2, 0.25) is 0 Å². The summed E-state index contributed by atoms with van der Waals surface area (Å²) in [6.45, 7) is 0.675. The third-order valence-corrected chi connectivity index (χ3v) is 4.21. The van der Waals surface area contributed by atoms with Gasteiger partial charge in [-0.15, -0.1) is 0 Å². The number of halogens is 1. The van der Waals surface area contributed by atoms with Crippen molar-refractivity contribution in [3.05, 3.63) is 23.5 Å². The number of hydrogen-bond donors (Lipinski definition) is 1. The van der Waals surface area contributed by atoms with Gasteiger partial charge in [-0.3, -0.25) is 0 Å². The zero-order valence-corrected chi connectivity index (χ0v) is 12.1. The first kappa shape index (κ1) is 15.2. The zero-order chi connectivity index (χ0) is 14.8. The van der Waals surface area contributed by atoms with Gasteiger partial charge in [-0.1, -0.05) is 0 Å².